The molecule has 0 saturated heterocycles. The van der Waals surface area contributed by atoms with Crippen LogP contribution in [0.2, 0.25) is 26.2 Å². The Kier molecular flexibility index (Phi) is 11.9. The minimum absolute atomic E-state index is 0.716. The van der Waals surface area contributed by atoms with E-state index >= 15 is 0 Å². The van der Waals surface area contributed by atoms with Gasteiger partial charge in [0.2, 0.25) is 0 Å². The van der Waals surface area contributed by atoms with Crippen LogP contribution in [0.15, 0.2) is 146 Å². The van der Waals surface area contributed by atoms with Gasteiger partial charge in [-0.1, -0.05) is 160 Å². The summed E-state index contributed by atoms with van der Waals surface area (Å²) in [5.74, 6) is 3.08. The predicted molar refractivity (Wildman–Crippen MR) is 219 cm³/mol. The van der Waals surface area contributed by atoms with Gasteiger partial charge in [0, 0.05) is 21.2 Å². The number of rotatable bonds is 13. The Balaban J connectivity index is 1.65. The van der Waals surface area contributed by atoms with Crippen molar-refractivity contribution in [1.82, 2.24) is 0 Å². The number of ether oxygens (including phenoxy) is 2. The fraction of sp³-hybridized carbons (Fsp3) is 0.143. The second-order valence-electron chi connectivity index (χ2n) is 12.2. The fourth-order valence-corrected chi connectivity index (χ4v) is 11.7. The largest absolute Gasteiger partial charge is 0.496 e. The lowest BCUT2D eigenvalue weighted by Gasteiger charge is -2.29. The first kappa shape index (κ1) is 35.6. The molecular weight excluding hydrogens is 687 g/mol. The molecule has 8 heteroatoms. The van der Waals surface area contributed by atoms with E-state index in [-0.39, 0.29) is 0 Å². The maximum atomic E-state index is 7.45. The highest BCUT2D eigenvalue weighted by atomic mass is 31.1. The number of benzene rings is 6. The Morgan fingerprint density at radius 3 is 0.900 bits per heavy atom. The Hall–Kier alpha value is -4.19. The molecule has 0 N–H and O–H groups in total. The minimum Gasteiger partial charge on any atom is -0.496 e. The van der Waals surface area contributed by atoms with E-state index in [9.17, 15) is 0 Å². The summed E-state index contributed by atoms with van der Waals surface area (Å²) in [5, 5.41) is 6.92. The molecule has 2 radical (unpaired) electrons. The number of methoxy groups -OCH3 is 2. The van der Waals surface area contributed by atoms with E-state index in [1.807, 2.05) is 0 Å². The van der Waals surface area contributed by atoms with Gasteiger partial charge in [0.1, 0.15) is 23.0 Å². The Bertz CT molecular complexity index is 1770. The van der Waals surface area contributed by atoms with Crippen molar-refractivity contribution in [2.75, 3.05) is 14.2 Å². The van der Waals surface area contributed by atoms with E-state index < -0.39 is 33.9 Å². The first-order valence-corrected chi connectivity index (χ1v) is 24.1. The maximum absolute atomic E-state index is 7.45. The molecule has 0 bridgehead atoms. The summed E-state index contributed by atoms with van der Waals surface area (Å²) < 4.78 is 27.4. The zero-order chi connectivity index (χ0) is 35.0. The van der Waals surface area contributed by atoms with Crippen LogP contribution in [0.25, 0.3) is 11.1 Å². The molecule has 0 saturated carbocycles. The van der Waals surface area contributed by atoms with Crippen molar-refractivity contribution < 1.29 is 18.5 Å². The lowest BCUT2D eigenvalue weighted by Crippen LogP contribution is -2.29. The SMILES string of the molecule is COc1ccc([Si](C)C)c(OP(c2ccccc2)c2ccccc2)c1-c1c(OC)ccc([Si](C)C)c1OP(c1ccccc1)c1ccccc1. The molecule has 0 aliphatic heterocycles. The van der Waals surface area contributed by atoms with Crippen molar-refractivity contribution >= 4 is 65.5 Å². The third-order valence-corrected chi connectivity index (χ3v) is 15.1. The molecule has 0 fully saturated rings. The molecule has 252 valence electrons. The average Bonchev–Trinajstić information content (AvgIpc) is 3.16. The van der Waals surface area contributed by atoms with Gasteiger partial charge in [0.15, 0.2) is 16.3 Å². The fourth-order valence-electron chi connectivity index (χ4n) is 5.87. The van der Waals surface area contributed by atoms with Gasteiger partial charge in [-0.25, -0.2) is 0 Å². The lowest BCUT2D eigenvalue weighted by molar-refractivity contribution is 0.408. The first-order valence-electron chi connectivity index (χ1n) is 16.6. The second kappa shape index (κ2) is 16.7. The van der Waals surface area contributed by atoms with Crippen LogP contribution in [0, 0.1) is 0 Å². The number of hydrogen-bond acceptors (Lipinski definition) is 4. The van der Waals surface area contributed by atoms with E-state index in [0.29, 0.717) is 11.5 Å². The van der Waals surface area contributed by atoms with Gasteiger partial charge in [-0.15, -0.1) is 0 Å². The molecular formula is C42H42O4P2Si2. The second-order valence-corrected chi connectivity index (χ2v) is 20.8. The molecule has 0 spiro atoms. The number of hydrogen-bond donors (Lipinski definition) is 0. The van der Waals surface area contributed by atoms with Crippen LogP contribution in [-0.4, -0.2) is 31.8 Å². The quantitative estimate of drug-likeness (QED) is 0.0890. The smallest absolute Gasteiger partial charge is 0.150 e. The molecule has 0 amide bonds. The van der Waals surface area contributed by atoms with Crippen molar-refractivity contribution in [2.45, 2.75) is 26.2 Å². The van der Waals surface area contributed by atoms with E-state index in [4.69, 9.17) is 18.5 Å². The van der Waals surface area contributed by atoms with E-state index in [1.54, 1.807) is 14.2 Å². The van der Waals surface area contributed by atoms with Crippen LogP contribution < -0.4 is 50.1 Å². The highest BCUT2D eigenvalue weighted by Crippen LogP contribution is 2.52. The average molecular weight is 729 g/mol. The van der Waals surface area contributed by atoms with Gasteiger partial charge in [-0.3, -0.25) is 0 Å². The summed E-state index contributed by atoms with van der Waals surface area (Å²) in [6.45, 7) is 9.24. The lowest BCUT2D eigenvalue weighted by atomic mass is 10.0. The van der Waals surface area contributed by atoms with Crippen molar-refractivity contribution in [3.8, 4) is 34.1 Å². The van der Waals surface area contributed by atoms with Crippen LogP contribution >= 0.6 is 16.3 Å². The van der Waals surface area contributed by atoms with Gasteiger partial charge >= 0.3 is 0 Å². The molecule has 0 heterocycles. The normalized spacial score (nSPS) is 11.3. The van der Waals surface area contributed by atoms with Crippen molar-refractivity contribution in [2.24, 2.45) is 0 Å². The van der Waals surface area contributed by atoms with Gasteiger partial charge < -0.3 is 18.5 Å². The molecule has 50 heavy (non-hydrogen) atoms. The molecule has 6 aromatic rings. The monoisotopic (exact) mass is 728 g/mol. The van der Waals surface area contributed by atoms with Crippen LogP contribution in [-0.2, 0) is 0 Å². The molecule has 0 atom stereocenters. The standard InChI is InChI=1S/C42H42O4P2Si2/c1-43-35-27-29-37(49(3)4)41(45-47(31-19-11-7-12-20-31)32-21-13-8-14-22-32)39(35)40-36(44-2)28-30-38(50(5)6)42(40)46-48(33-23-15-9-16-24-33)34-25-17-10-18-26-34/h7-30H,1-6H3. The van der Waals surface area contributed by atoms with E-state index in [1.165, 1.54) is 10.4 Å². The van der Waals surface area contributed by atoms with Gasteiger partial charge in [-0.05, 0) is 22.5 Å². The van der Waals surface area contributed by atoms with Crippen LogP contribution in [0.1, 0.15) is 0 Å². The summed E-state index contributed by atoms with van der Waals surface area (Å²) in [5.41, 5.74) is 1.73. The first-order chi connectivity index (χ1) is 24.4. The van der Waals surface area contributed by atoms with Crippen molar-refractivity contribution in [3.63, 3.8) is 0 Å². The van der Waals surface area contributed by atoms with E-state index in [0.717, 1.165) is 43.8 Å². The van der Waals surface area contributed by atoms with Gasteiger partial charge in [-0.2, -0.15) is 0 Å². The van der Waals surface area contributed by atoms with Crippen LogP contribution in [0.4, 0.5) is 0 Å². The molecule has 0 aromatic heterocycles. The van der Waals surface area contributed by atoms with Crippen molar-refractivity contribution in [3.05, 3.63) is 146 Å². The molecule has 6 aromatic carbocycles. The Labute approximate surface area is 302 Å². The summed E-state index contributed by atoms with van der Waals surface area (Å²) in [6, 6.07) is 50.7. The molecule has 4 nitrogen and oxygen atoms in total. The van der Waals surface area contributed by atoms with Crippen LogP contribution in [0.5, 0.6) is 23.0 Å². The topological polar surface area (TPSA) is 36.9 Å². The summed E-state index contributed by atoms with van der Waals surface area (Å²) in [6.07, 6.45) is 0. The predicted octanol–water partition coefficient (Wildman–Crippen LogP) is 8.15. The summed E-state index contributed by atoms with van der Waals surface area (Å²) >= 11 is 0. The zero-order valence-corrected chi connectivity index (χ0v) is 33.2. The molecule has 0 aliphatic rings. The summed E-state index contributed by atoms with van der Waals surface area (Å²) in [7, 11) is -1.03. The highest BCUT2D eigenvalue weighted by Gasteiger charge is 2.32. The third-order valence-electron chi connectivity index (χ3n) is 8.33. The molecule has 6 rings (SSSR count). The van der Waals surface area contributed by atoms with Gasteiger partial charge in [0.25, 0.3) is 0 Å². The maximum Gasteiger partial charge on any atom is 0.150 e. The van der Waals surface area contributed by atoms with Crippen molar-refractivity contribution in [1.29, 1.82) is 0 Å². The van der Waals surface area contributed by atoms with Gasteiger partial charge in [0.05, 0.1) is 42.9 Å². The zero-order valence-electron chi connectivity index (χ0n) is 29.4. The Morgan fingerprint density at radius 1 is 0.380 bits per heavy atom. The van der Waals surface area contributed by atoms with Crippen LogP contribution in [0.3, 0.4) is 0 Å². The summed E-state index contributed by atoms with van der Waals surface area (Å²) in [4.78, 5) is 0. The molecule has 0 unspecified atom stereocenters. The van der Waals surface area contributed by atoms with E-state index in [2.05, 4.69) is 172 Å². The molecule has 0 aliphatic carbocycles. The Morgan fingerprint density at radius 2 is 0.660 bits per heavy atom. The highest BCUT2D eigenvalue weighted by molar-refractivity contribution is 7.69. The minimum atomic E-state index is -1.24. The third kappa shape index (κ3) is 7.75.